The molecule has 162 valence electrons. The van der Waals surface area contributed by atoms with Crippen LogP contribution in [0.2, 0.25) is 5.02 Å². The molecule has 2 aromatic carbocycles. The van der Waals surface area contributed by atoms with Gasteiger partial charge < -0.3 is 20.1 Å². The van der Waals surface area contributed by atoms with E-state index in [9.17, 15) is 14.4 Å². The summed E-state index contributed by atoms with van der Waals surface area (Å²) < 4.78 is 11.2. The summed E-state index contributed by atoms with van der Waals surface area (Å²) in [5, 5.41) is 5.62. The van der Waals surface area contributed by atoms with Gasteiger partial charge in [-0.05, 0) is 25.0 Å². The number of aryl methyl sites for hydroxylation is 1. The number of amides is 4. The van der Waals surface area contributed by atoms with E-state index in [1.807, 2.05) is 19.1 Å². The zero-order valence-electron chi connectivity index (χ0n) is 17.2. The number of urea groups is 1. The fraction of sp³-hybridized carbons (Fsp3) is 0.318. The molecule has 2 N–H and O–H groups in total. The van der Waals surface area contributed by atoms with Gasteiger partial charge in [0.15, 0.2) is 11.5 Å². The van der Waals surface area contributed by atoms with E-state index in [1.165, 1.54) is 0 Å². The number of halogens is 1. The van der Waals surface area contributed by atoms with Crippen molar-refractivity contribution in [3.05, 3.63) is 52.5 Å². The highest BCUT2D eigenvalue weighted by Gasteiger charge is 2.50. The predicted molar refractivity (Wildman–Crippen MR) is 114 cm³/mol. The Bertz CT molecular complexity index is 1070. The summed E-state index contributed by atoms with van der Waals surface area (Å²) in [6, 6.07) is 9.82. The molecule has 2 aliphatic heterocycles. The molecule has 31 heavy (non-hydrogen) atoms. The molecule has 0 radical (unpaired) electrons. The maximum absolute atomic E-state index is 13.1. The van der Waals surface area contributed by atoms with Crippen LogP contribution < -0.4 is 20.1 Å². The third-order valence-corrected chi connectivity index (χ3v) is 5.68. The van der Waals surface area contributed by atoms with Crippen molar-refractivity contribution >= 4 is 35.1 Å². The number of nitrogens with one attached hydrogen (secondary N) is 2. The third-order valence-electron chi connectivity index (χ3n) is 5.37. The van der Waals surface area contributed by atoms with Crippen molar-refractivity contribution < 1.29 is 23.9 Å². The molecular formula is C22H22ClN3O5. The summed E-state index contributed by atoms with van der Waals surface area (Å²) in [7, 11) is 0. The van der Waals surface area contributed by atoms with Gasteiger partial charge in [0.25, 0.3) is 5.91 Å². The van der Waals surface area contributed by atoms with E-state index in [1.54, 1.807) is 31.2 Å². The maximum Gasteiger partial charge on any atom is 0.325 e. The monoisotopic (exact) mass is 443 g/mol. The lowest BCUT2D eigenvalue weighted by atomic mass is 9.88. The second kappa shape index (κ2) is 8.11. The first-order chi connectivity index (χ1) is 14.8. The van der Waals surface area contributed by atoms with Crippen LogP contribution in [0.5, 0.6) is 11.5 Å². The summed E-state index contributed by atoms with van der Waals surface area (Å²) in [6.45, 7) is 4.05. The highest BCUT2D eigenvalue weighted by atomic mass is 35.5. The zero-order valence-corrected chi connectivity index (χ0v) is 17.9. The molecule has 1 atom stereocenters. The van der Waals surface area contributed by atoms with E-state index in [2.05, 4.69) is 10.6 Å². The number of hydrogen-bond acceptors (Lipinski definition) is 5. The molecule has 4 amide bonds. The second-order valence-electron chi connectivity index (χ2n) is 7.64. The fourth-order valence-electron chi connectivity index (χ4n) is 3.77. The van der Waals surface area contributed by atoms with Gasteiger partial charge in [-0.1, -0.05) is 35.9 Å². The van der Waals surface area contributed by atoms with E-state index < -0.39 is 29.9 Å². The number of ether oxygens (including phenoxy) is 2. The van der Waals surface area contributed by atoms with Gasteiger partial charge in [-0.2, -0.15) is 0 Å². The Kier molecular flexibility index (Phi) is 5.49. The maximum atomic E-state index is 13.1. The molecular weight excluding hydrogens is 422 g/mol. The lowest BCUT2D eigenvalue weighted by Crippen LogP contribution is -2.42. The summed E-state index contributed by atoms with van der Waals surface area (Å²) in [4.78, 5) is 39.1. The van der Waals surface area contributed by atoms with Crippen LogP contribution >= 0.6 is 11.6 Å². The Labute approximate surface area is 184 Å². The topological polar surface area (TPSA) is 97.0 Å². The van der Waals surface area contributed by atoms with Gasteiger partial charge in [0.05, 0.1) is 23.9 Å². The highest BCUT2D eigenvalue weighted by molar-refractivity contribution is 6.34. The fourth-order valence-corrected chi connectivity index (χ4v) is 3.97. The van der Waals surface area contributed by atoms with Crippen LogP contribution in [0.15, 0.2) is 36.4 Å². The Morgan fingerprint density at radius 2 is 1.87 bits per heavy atom. The molecule has 2 aromatic rings. The van der Waals surface area contributed by atoms with E-state index in [0.717, 1.165) is 16.9 Å². The Morgan fingerprint density at radius 1 is 1.19 bits per heavy atom. The largest absolute Gasteiger partial charge is 0.490 e. The van der Waals surface area contributed by atoms with Gasteiger partial charge in [-0.25, -0.2) is 4.79 Å². The van der Waals surface area contributed by atoms with Crippen LogP contribution in [-0.4, -0.2) is 42.5 Å². The normalized spacial score (nSPS) is 20.3. The molecule has 2 heterocycles. The Hall–Kier alpha value is -3.26. The first kappa shape index (κ1) is 21.0. The van der Waals surface area contributed by atoms with Crippen LogP contribution in [-0.2, 0) is 15.1 Å². The first-order valence-electron chi connectivity index (χ1n) is 9.89. The number of hydrogen-bond donors (Lipinski definition) is 2. The molecule has 0 aliphatic carbocycles. The van der Waals surface area contributed by atoms with Crippen LogP contribution in [0.4, 0.5) is 10.5 Å². The van der Waals surface area contributed by atoms with Gasteiger partial charge >= 0.3 is 6.03 Å². The molecule has 1 fully saturated rings. The Balaban J connectivity index is 1.50. The highest BCUT2D eigenvalue weighted by Crippen LogP contribution is 2.38. The van der Waals surface area contributed by atoms with Crippen LogP contribution in [0.25, 0.3) is 0 Å². The van der Waals surface area contributed by atoms with E-state index >= 15 is 0 Å². The minimum Gasteiger partial charge on any atom is -0.490 e. The predicted octanol–water partition coefficient (Wildman–Crippen LogP) is 3.22. The van der Waals surface area contributed by atoms with Crippen LogP contribution in [0.3, 0.4) is 0 Å². The summed E-state index contributed by atoms with van der Waals surface area (Å²) in [5.41, 5.74) is 0.617. The molecule has 0 aromatic heterocycles. The van der Waals surface area contributed by atoms with Gasteiger partial charge in [0.1, 0.15) is 12.1 Å². The number of imide groups is 1. The SMILES string of the molecule is Cc1ccccc1C1(C)NC(=O)N(CC(=O)Nc2cc3c(cc2Cl)OCCCO3)C1=O. The number of anilines is 1. The minimum atomic E-state index is -1.24. The second-order valence-corrected chi connectivity index (χ2v) is 8.05. The zero-order chi connectivity index (χ0) is 22.2. The molecule has 0 bridgehead atoms. The van der Waals surface area contributed by atoms with Crippen molar-refractivity contribution in [2.75, 3.05) is 25.1 Å². The lowest BCUT2D eigenvalue weighted by Gasteiger charge is -2.24. The molecule has 2 aliphatic rings. The van der Waals surface area contributed by atoms with Gasteiger partial charge in [-0.3, -0.25) is 14.5 Å². The van der Waals surface area contributed by atoms with Gasteiger partial charge in [0.2, 0.25) is 5.91 Å². The van der Waals surface area contributed by atoms with Crippen molar-refractivity contribution in [2.45, 2.75) is 25.8 Å². The molecule has 0 spiro atoms. The standard InChI is InChI=1S/C22H22ClN3O5/c1-13-6-3-4-7-14(13)22(2)20(28)26(21(29)25-22)12-19(27)24-16-11-18-17(10-15(16)23)30-8-5-9-31-18/h3-4,6-7,10-11H,5,8-9,12H2,1-2H3,(H,24,27)(H,25,29). The first-order valence-corrected chi connectivity index (χ1v) is 10.3. The number of rotatable bonds is 4. The molecule has 0 saturated carbocycles. The molecule has 9 heteroatoms. The average molecular weight is 444 g/mol. The number of fused-ring (bicyclic) bond motifs is 1. The number of carbonyl (C=O) groups is 3. The number of benzene rings is 2. The van der Waals surface area contributed by atoms with Crippen molar-refractivity contribution in [1.29, 1.82) is 0 Å². The number of nitrogens with zero attached hydrogens (tertiary/aromatic N) is 1. The van der Waals surface area contributed by atoms with Crippen molar-refractivity contribution in [3.63, 3.8) is 0 Å². The van der Waals surface area contributed by atoms with E-state index in [4.69, 9.17) is 21.1 Å². The van der Waals surface area contributed by atoms with Crippen molar-refractivity contribution in [3.8, 4) is 11.5 Å². The molecule has 1 unspecified atom stereocenters. The average Bonchev–Trinajstić information content (AvgIpc) is 2.88. The molecule has 1 saturated heterocycles. The molecule has 8 nitrogen and oxygen atoms in total. The van der Waals surface area contributed by atoms with Crippen molar-refractivity contribution in [2.24, 2.45) is 0 Å². The number of carbonyl (C=O) groups excluding carboxylic acids is 3. The summed E-state index contributed by atoms with van der Waals surface area (Å²) in [6.07, 6.45) is 0.736. The van der Waals surface area contributed by atoms with Gasteiger partial charge in [-0.15, -0.1) is 0 Å². The van der Waals surface area contributed by atoms with Crippen LogP contribution in [0.1, 0.15) is 24.5 Å². The third kappa shape index (κ3) is 3.90. The van der Waals surface area contributed by atoms with Gasteiger partial charge in [0, 0.05) is 18.6 Å². The lowest BCUT2D eigenvalue weighted by molar-refractivity contribution is -0.133. The smallest absolute Gasteiger partial charge is 0.325 e. The summed E-state index contributed by atoms with van der Waals surface area (Å²) in [5.74, 6) is -0.0800. The van der Waals surface area contributed by atoms with Crippen LogP contribution in [0, 0.1) is 6.92 Å². The summed E-state index contributed by atoms with van der Waals surface area (Å²) >= 11 is 6.27. The Morgan fingerprint density at radius 3 is 2.58 bits per heavy atom. The molecule has 4 rings (SSSR count). The minimum absolute atomic E-state index is 0.263. The quantitative estimate of drug-likeness (QED) is 0.707. The van der Waals surface area contributed by atoms with Crippen molar-refractivity contribution in [1.82, 2.24) is 10.2 Å². The van der Waals surface area contributed by atoms with E-state index in [0.29, 0.717) is 36.0 Å². The van der Waals surface area contributed by atoms with E-state index in [-0.39, 0.29) is 5.02 Å².